The first kappa shape index (κ1) is 16.3. The average Bonchev–Trinajstić information content (AvgIpc) is 3.03. The fraction of sp³-hybridized carbons (Fsp3) is 0.267. The number of aromatic nitrogens is 1. The van der Waals surface area contributed by atoms with Gasteiger partial charge in [-0.15, -0.1) is 0 Å². The number of carbonyl (C=O) groups is 2. The lowest BCUT2D eigenvalue weighted by atomic mass is 10.1. The predicted octanol–water partition coefficient (Wildman–Crippen LogP) is 2.59. The normalized spacial score (nSPS) is 17.2. The molecule has 8 nitrogen and oxygen atoms in total. The molecule has 0 radical (unpaired) electrons. The predicted molar refractivity (Wildman–Crippen MR) is 87.8 cm³/mol. The summed E-state index contributed by atoms with van der Waals surface area (Å²) in [5.74, 6) is -1.60. The number of likely N-dealkylation sites (tertiary alicyclic amines) is 1. The maximum Gasteiger partial charge on any atom is 0.326 e. The van der Waals surface area contributed by atoms with E-state index in [0.29, 0.717) is 29.2 Å². The van der Waals surface area contributed by atoms with Crippen molar-refractivity contribution >= 4 is 44.3 Å². The number of halogens is 1. The molecule has 3 rings (SSSR count). The topological polar surface area (TPSA) is 114 Å². The Hall–Kier alpha value is -2.55. The Bertz CT molecular complexity index is 870. The molecule has 1 amide bonds. The number of amides is 1. The molecule has 24 heavy (non-hydrogen) atoms. The molecule has 1 aliphatic heterocycles. The van der Waals surface area contributed by atoms with E-state index in [1.54, 1.807) is 0 Å². The van der Waals surface area contributed by atoms with E-state index in [4.69, 9.17) is 0 Å². The molecule has 1 aromatic carbocycles. The van der Waals surface area contributed by atoms with E-state index in [1.807, 2.05) is 0 Å². The van der Waals surface area contributed by atoms with Gasteiger partial charge in [0, 0.05) is 28.7 Å². The number of carbonyl (C=O) groups excluding carboxylic acids is 1. The molecule has 1 N–H and O–H groups in total. The summed E-state index contributed by atoms with van der Waals surface area (Å²) < 4.78 is 0.491. The summed E-state index contributed by atoms with van der Waals surface area (Å²) >= 11 is 3.30. The summed E-state index contributed by atoms with van der Waals surface area (Å²) in [5, 5.41) is 21.0. The summed E-state index contributed by atoms with van der Waals surface area (Å²) in [4.78, 5) is 40.1. The summed E-state index contributed by atoms with van der Waals surface area (Å²) in [5.41, 5.74) is -0.128. The van der Waals surface area contributed by atoms with Crippen molar-refractivity contribution in [3.05, 3.63) is 44.7 Å². The second-order valence-corrected chi connectivity index (χ2v) is 6.25. The lowest BCUT2D eigenvalue weighted by Gasteiger charge is -2.21. The lowest BCUT2D eigenvalue weighted by molar-refractivity contribution is -0.383. The van der Waals surface area contributed by atoms with E-state index >= 15 is 0 Å². The van der Waals surface area contributed by atoms with Crippen molar-refractivity contribution in [1.82, 2.24) is 9.88 Å². The third-order valence-electron chi connectivity index (χ3n) is 4.05. The summed E-state index contributed by atoms with van der Waals surface area (Å²) in [7, 11) is 0. The molecule has 0 aliphatic carbocycles. The van der Waals surface area contributed by atoms with Crippen molar-refractivity contribution in [2.75, 3.05) is 6.54 Å². The summed E-state index contributed by atoms with van der Waals surface area (Å²) in [6, 6.07) is 3.40. The maximum atomic E-state index is 12.8. The molecular weight excluding hydrogens is 382 g/mol. The minimum atomic E-state index is -1.06. The fourth-order valence-electron chi connectivity index (χ4n) is 2.97. The zero-order valence-corrected chi connectivity index (χ0v) is 13.9. The lowest BCUT2D eigenvalue weighted by Crippen LogP contribution is -2.40. The molecule has 2 aromatic rings. The highest BCUT2D eigenvalue weighted by Gasteiger charge is 2.36. The molecule has 1 aliphatic rings. The average molecular weight is 394 g/mol. The van der Waals surface area contributed by atoms with Gasteiger partial charge in [0.25, 0.3) is 11.6 Å². The Kier molecular flexibility index (Phi) is 4.18. The molecule has 0 saturated carbocycles. The van der Waals surface area contributed by atoms with Crippen LogP contribution in [0.15, 0.2) is 28.9 Å². The zero-order valence-electron chi connectivity index (χ0n) is 12.3. The molecule has 1 saturated heterocycles. The van der Waals surface area contributed by atoms with Crippen LogP contribution in [0.4, 0.5) is 5.69 Å². The third-order valence-corrected chi connectivity index (χ3v) is 4.71. The first-order valence-electron chi connectivity index (χ1n) is 7.17. The third kappa shape index (κ3) is 2.60. The fourth-order valence-corrected chi connectivity index (χ4v) is 3.50. The molecular formula is C15H12BrN3O5. The van der Waals surface area contributed by atoms with Crippen LogP contribution in [-0.2, 0) is 4.79 Å². The Labute approximate surface area is 144 Å². The van der Waals surface area contributed by atoms with Crippen LogP contribution < -0.4 is 0 Å². The number of hydrogen-bond donors (Lipinski definition) is 1. The van der Waals surface area contributed by atoms with Crippen molar-refractivity contribution < 1.29 is 19.6 Å². The minimum Gasteiger partial charge on any atom is -0.480 e. The number of carboxylic acids is 1. The molecule has 1 fully saturated rings. The highest BCUT2D eigenvalue weighted by molar-refractivity contribution is 9.10. The maximum absolute atomic E-state index is 12.8. The Morgan fingerprint density at radius 1 is 1.38 bits per heavy atom. The summed E-state index contributed by atoms with van der Waals surface area (Å²) in [6.45, 7) is 0.320. The number of pyridine rings is 1. The van der Waals surface area contributed by atoms with Gasteiger partial charge in [-0.05, 0) is 25.0 Å². The number of non-ortho nitro benzene ring substituents is 1. The van der Waals surface area contributed by atoms with Crippen molar-refractivity contribution in [3.63, 3.8) is 0 Å². The quantitative estimate of drug-likeness (QED) is 0.632. The minimum absolute atomic E-state index is 0.0104. The summed E-state index contributed by atoms with van der Waals surface area (Å²) in [6.07, 6.45) is 2.29. The number of fused-ring (bicyclic) bond motifs is 1. The van der Waals surface area contributed by atoms with Gasteiger partial charge in [0.1, 0.15) is 11.7 Å². The van der Waals surface area contributed by atoms with Crippen molar-refractivity contribution in [1.29, 1.82) is 0 Å². The van der Waals surface area contributed by atoms with E-state index in [0.717, 1.165) is 0 Å². The molecule has 1 aromatic heterocycles. The second kappa shape index (κ2) is 6.16. The molecule has 0 spiro atoms. The van der Waals surface area contributed by atoms with Gasteiger partial charge >= 0.3 is 5.97 Å². The van der Waals surface area contributed by atoms with Crippen molar-refractivity contribution in [3.8, 4) is 0 Å². The van der Waals surface area contributed by atoms with Gasteiger partial charge in [-0.2, -0.15) is 0 Å². The molecule has 9 heteroatoms. The second-order valence-electron chi connectivity index (χ2n) is 5.40. The van der Waals surface area contributed by atoms with Crippen LogP contribution in [0.25, 0.3) is 10.8 Å². The monoisotopic (exact) mass is 393 g/mol. The van der Waals surface area contributed by atoms with Crippen molar-refractivity contribution in [2.24, 2.45) is 0 Å². The number of nitrogens with zero attached hydrogens (tertiary/aromatic N) is 3. The van der Waals surface area contributed by atoms with Gasteiger partial charge in [0.15, 0.2) is 0 Å². The smallest absolute Gasteiger partial charge is 0.326 e. The zero-order chi connectivity index (χ0) is 17.4. The number of benzene rings is 1. The molecule has 1 atom stereocenters. The van der Waals surface area contributed by atoms with Gasteiger partial charge in [-0.3, -0.25) is 19.9 Å². The van der Waals surface area contributed by atoms with Crippen LogP contribution in [0.1, 0.15) is 23.3 Å². The van der Waals surface area contributed by atoms with E-state index in [2.05, 4.69) is 20.9 Å². The van der Waals surface area contributed by atoms with E-state index in [9.17, 15) is 24.8 Å². The van der Waals surface area contributed by atoms with E-state index in [1.165, 1.54) is 29.3 Å². The highest BCUT2D eigenvalue weighted by atomic mass is 79.9. The van der Waals surface area contributed by atoms with Crippen LogP contribution in [-0.4, -0.2) is 44.4 Å². The molecule has 124 valence electrons. The molecule has 0 bridgehead atoms. The SMILES string of the molecule is O=C(O)C1CCCN1C(=O)c1nccc2c([N+](=O)[O-])ccc(Br)c12. The Morgan fingerprint density at radius 2 is 2.12 bits per heavy atom. The number of nitro groups is 1. The van der Waals surface area contributed by atoms with E-state index < -0.39 is 22.8 Å². The molecule has 2 heterocycles. The Balaban J connectivity index is 2.16. The van der Waals surface area contributed by atoms with Crippen molar-refractivity contribution in [2.45, 2.75) is 18.9 Å². The van der Waals surface area contributed by atoms with Crippen LogP contribution in [0, 0.1) is 10.1 Å². The standard InChI is InChI=1S/C15H12BrN3O5/c16-9-3-4-10(19(23)24)8-5-6-17-13(12(8)9)14(20)18-7-1-2-11(18)15(21)22/h3-6,11H,1-2,7H2,(H,21,22). The first-order valence-corrected chi connectivity index (χ1v) is 7.96. The first-order chi connectivity index (χ1) is 11.4. The van der Waals surface area contributed by atoms with Gasteiger partial charge in [0.2, 0.25) is 0 Å². The van der Waals surface area contributed by atoms with Gasteiger partial charge in [0.05, 0.1) is 10.3 Å². The van der Waals surface area contributed by atoms with Crippen LogP contribution in [0.3, 0.4) is 0 Å². The number of rotatable bonds is 3. The van der Waals surface area contributed by atoms with Gasteiger partial charge in [-0.25, -0.2) is 4.79 Å². The number of carboxylic acid groups (broad SMARTS) is 1. The van der Waals surface area contributed by atoms with E-state index in [-0.39, 0.29) is 16.8 Å². The van der Waals surface area contributed by atoms with Crippen LogP contribution >= 0.6 is 15.9 Å². The van der Waals surface area contributed by atoms with Crippen LogP contribution in [0.5, 0.6) is 0 Å². The number of aliphatic carboxylic acids is 1. The number of nitro benzene ring substituents is 1. The highest BCUT2D eigenvalue weighted by Crippen LogP contribution is 2.34. The largest absolute Gasteiger partial charge is 0.480 e. The van der Waals surface area contributed by atoms with Gasteiger partial charge < -0.3 is 10.0 Å². The van der Waals surface area contributed by atoms with Crippen LogP contribution in [0.2, 0.25) is 0 Å². The van der Waals surface area contributed by atoms with Gasteiger partial charge in [-0.1, -0.05) is 15.9 Å². The molecule has 1 unspecified atom stereocenters. The number of hydrogen-bond acceptors (Lipinski definition) is 5. The Morgan fingerprint density at radius 3 is 2.79 bits per heavy atom.